The quantitative estimate of drug-likeness (QED) is 0.515. The second-order valence-corrected chi connectivity index (χ2v) is 4.62. The first-order chi connectivity index (χ1) is 6.58. The Morgan fingerprint density at radius 1 is 1.07 bits per heavy atom. The molecule has 0 heterocycles. The monoisotopic (exact) mass is 233 g/mol. The van der Waals surface area contributed by atoms with E-state index in [-0.39, 0.29) is 12.8 Å². The summed E-state index contributed by atoms with van der Waals surface area (Å²) in [5.41, 5.74) is 0. The largest absolute Gasteiger partial charge is 0.344 e. The molecule has 0 saturated carbocycles. The van der Waals surface area contributed by atoms with Crippen LogP contribution in [0.25, 0.3) is 0 Å². The molecule has 0 radical (unpaired) electrons. The molecular weight excluding hydrogens is 214 g/mol. The molecule has 5 heteroatoms. The van der Waals surface area contributed by atoms with Crippen molar-refractivity contribution in [3.05, 3.63) is 38.0 Å². The lowest BCUT2D eigenvalue weighted by molar-refractivity contribution is 0.348. The zero-order valence-corrected chi connectivity index (χ0v) is 9.71. The molecule has 3 N–H and O–H groups in total. The molecule has 0 aromatic carbocycles. The Kier molecular flexibility index (Phi) is 9.25. The van der Waals surface area contributed by atoms with Crippen LogP contribution >= 0.6 is 0 Å². The summed E-state index contributed by atoms with van der Waals surface area (Å²) in [4.78, 5) is 0. The lowest BCUT2D eigenvalue weighted by Gasteiger charge is -2.12. The van der Waals surface area contributed by atoms with Gasteiger partial charge in [-0.05, 0) is 12.8 Å². The van der Waals surface area contributed by atoms with Crippen LogP contribution in [0, 0.1) is 0 Å². The van der Waals surface area contributed by atoms with Gasteiger partial charge in [0, 0.05) is 0 Å². The van der Waals surface area contributed by atoms with Crippen LogP contribution in [-0.4, -0.2) is 20.3 Å². The third kappa shape index (κ3) is 6.22. The van der Waals surface area contributed by atoms with Crippen LogP contribution in [0.4, 0.5) is 0 Å². The van der Waals surface area contributed by atoms with Crippen molar-refractivity contribution in [3.8, 4) is 0 Å². The molecule has 0 aromatic heterocycles. The highest BCUT2D eigenvalue weighted by molar-refractivity contribution is 7.87. The van der Waals surface area contributed by atoms with Crippen LogP contribution in [0.1, 0.15) is 12.8 Å². The standard InChI is InChI=1S/C10H16O3S.H3N/c1-4-7-10(8-5-2)14(11,12)13-9-6-3;/h4-6,10H,1-3,7-9H2;1H3. The van der Waals surface area contributed by atoms with Gasteiger partial charge in [0.2, 0.25) is 0 Å². The van der Waals surface area contributed by atoms with Gasteiger partial charge in [-0.25, -0.2) is 0 Å². The molecule has 0 aromatic rings. The molecule has 0 aliphatic rings. The molecule has 0 unspecified atom stereocenters. The Hall–Kier alpha value is -0.910. The van der Waals surface area contributed by atoms with Crippen molar-refractivity contribution in [3.63, 3.8) is 0 Å². The van der Waals surface area contributed by atoms with Crippen molar-refractivity contribution in [1.82, 2.24) is 6.15 Å². The first kappa shape index (κ1) is 16.5. The van der Waals surface area contributed by atoms with Crippen molar-refractivity contribution in [2.24, 2.45) is 0 Å². The highest BCUT2D eigenvalue weighted by Gasteiger charge is 2.23. The van der Waals surface area contributed by atoms with Crippen LogP contribution in [0.5, 0.6) is 0 Å². The summed E-state index contributed by atoms with van der Waals surface area (Å²) in [6.45, 7) is 10.4. The predicted molar refractivity (Wildman–Crippen MR) is 63.5 cm³/mol. The second-order valence-electron chi connectivity index (χ2n) is 2.74. The molecule has 0 aliphatic heterocycles. The number of hydrogen-bond donors (Lipinski definition) is 1. The third-order valence-electron chi connectivity index (χ3n) is 1.62. The van der Waals surface area contributed by atoms with Gasteiger partial charge < -0.3 is 6.15 Å². The Morgan fingerprint density at radius 2 is 1.53 bits per heavy atom. The smallest absolute Gasteiger partial charge is 0.271 e. The molecule has 4 nitrogen and oxygen atoms in total. The maximum absolute atomic E-state index is 11.5. The van der Waals surface area contributed by atoms with Crippen LogP contribution in [-0.2, 0) is 14.3 Å². The van der Waals surface area contributed by atoms with Gasteiger partial charge >= 0.3 is 0 Å². The summed E-state index contributed by atoms with van der Waals surface area (Å²) in [6, 6.07) is 0. The second kappa shape index (κ2) is 8.40. The summed E-state index contributed by atoms with van der Waals surface area (Å²) in [5.74, 6) is 0. The minimum atomic E-state index is -3.52. The molecule has 88 valence electrons. The average Bonchev–Trinajstić information content (AvgIpc) is 2.14. The van der Waals surface area contributed by atoms with E-state index >= 15 is 0 Å². The van der Waals surface area contributed by atoms with Crippen LogP contribution in [0.2, 0.25) is 0 Å². The molecule has 0 amide bonds. The Morgan fingerprint density at radius 3 is 1.87 bits per heavy atom. The van der Waals surface area contributed by atoms with E-state index in [1.54, 1.807) is 12.2 Å². The van der Waals surface area contributed by atoms with E-state index in [4.69, 9.17) is 4.18 Å². The van der Waals surface area contributed by atoms with Gasteiger partial charge in [-0.3, -0.25) is 4.18 Å². The van der Waals surface area contributed by atoms with Crippen molar-refractivity contribution < 1.29 is 12.6 Å². The summed E-state index contributed by atoms with van der Waals surface area (Å²) >= 11 is 0. The lowest BCUT2D eigenvalue weighted by Crippen LogP contribution is -2.22. The molecule has 15 heavy (non-hydrogen) atoms. The van der Waals surface area contributed by atoms with E-state index < -0.39 is 15.4 Å². The van der Waals surface area contributed by atoms with E-state index in [1.807, 2.05) is 0 Å². The number of hydrogen-bond acceptors (Lipinski definition) is 4. The van der Waals surface area contributed by atoms with Gasteiger partial charge in [-0.1, -0.05) is 18.2 Å². The fraction of sp³-hybridized carbons (Fsp3) is 0.400. The normalized spacial score (nSPS) is 10.5. The van der Waals surface area contributed by atoms with Gasteiger partial charge in [0.1, 0.15) is 0 Å². The topological polar surface area (TPSA) is 78.4 Å². The van der Waals surface area contributed by atoms with Crippen molar-refractivity contribution in [2.45, 2.75) is 18.1 Å². The zero-order chi connectivity index (χ0) is 11.0. The lowest BCUT2D eigenvalue weighted by atomic mass is 10.2. The SMILES string of the molecule is C=CCOS(=O)(=O)C(CC=C)CC=C.N. The van der Waals surface area contributed by atoms with Gasteiger partial charge in [0.05, 0.1) is 11.9 Å². The molecular formula is C10H19NO3S. The van der Waals surface area contributed by atoms with Crippen molar-refractivity contribution in [1.29, 1.82) is 0 Å². The highest BCUT2D eigenvalue weighted by atomic mass is 32.2. The minimum absolute atomic E-state index is 0. The predicted octanol–water partition coefficient (Wildman–Crippen LogP) is 2.20. The van der Waals surface area contributed by atoms with Gasteiger partial charge in [-0.2, -0.15) is 8.42 Å². The van der Waals surface area contributed by atoms with Crippen molar-refractivity contribution >= 4 is 10.1 Å². The van der Waals surface area contributed by atoms with Gasteiger partial charge in [-0.15, -0.1) is 19.7 Å². The van der Waals surface area contributed by atoms with E-state index in [0.29, 0.717) is 12.8 Å². The fourth-order valence-electron chi connectivity index (χ4n) is 0.943. The third-order valence-corrected chi connectivity index (χ3v) is 3.28. The first-order valence-corrected chi connectivity index (χ1v) is 5.76. The van der Waals surface area contributed by atoms with Crippen molar-refractivity contribution in [2.75, 3.05) is 6.61 Å². The summed E-state index contributed by atoms with van der Waals surface area (Å²) < 4.78 is 27.7. The van der Waals surface area contributed by atoms with Crippen LogP contribution < -0.4 is 6.15 Å². The number of rotatable bonds is 8. The molecule has 0 rings (SSSR count). The van der Waals surface area contributed by atoms with Gasteiger partial charge in [0.15, 0.2) is 0 Å². The summed E-state index contributed by atoms with van der Waals surface area (Å²) in [6.07, 6.45) is 5.25. The minimum Gasteiger partial charge on any atom is -0.344 e. The molecule has 0 spiro atoms. The maximum Gasteiger partial charge on any atom is 0.271 e. The zero-order valence-electron chi connectivity index (χ0n) is 8.89. The maximum atomic E-state index is 11.5. The fourth-order valence-corrected chi connectivity index (χ4v) is 2.16. The van der Waals surface area contributed by atoms with E-state index in [1.165, 1.54) is 6.08 Å². The Bertz CT molecular complexity index is 286. The van der Waals surface area contributed by atoms with Crippen LogP contribution in [0.3, 0.4) is 0 Å². The highest BCUT2D eigenvalue weighted by Crippen LogP contribution is 2.13. The van der Waals surface area contributed by atoms with Gasteiger partial charge in [0.25, 0.3) is 10.1 Å². The summed E-state index contributed by atoms with van der Waals surface area (Å²) in [7, 11) is -3.52. The van der Waals surface area contributed by atoms with E-state index in [9.17, 15) is 8.42 Å². The average molecular weight is 233 g/mol. The Balaban J connectivity index is 0. The van der Waals surface area contributed by atoms with Crippen LogP contribution in [0.15, 0.2) is 38.0 Å². The van der Waals surface area contributed by atoms with E-state index in [0.717, 1.165) is 0 Å². The van der Waals surface area contributed by atoms with E-state index in [2.05, 4.69) is 19.7 Å². The molecule has 0 saturated heterocycles. The summed E-state index contributed by atoms with van der Waals surface area (Å²) in [5, 5.41) is -0.586. The molecule has 0 aliphatic carbocycles. The molecule has 0 atom stereocenters. The Labute approximate surface area is 92.0 Å². The first-order valence-electron chi connectivity index (χ1n) is 4.29. The molecule has 0 bridgehead atoms. The number of allylic oxidation sites excluding steroid dienone is 2. The molecule has 0 fully saturated rings.